The van der Waals surface area contributed by atoms with Gasteiger partial charge in [-0.25, -0.2) is 4.79 Å². The zero-order chi connectivity index (χ0) is 18.1. The first-order chi connectivity index (χ1) is 12.2. The smallest absolute Gasteiger partial charge is 0.407 e. The van der Waals surface area contributed by atoms with Gasteiger partial charge in [0.15, 0.2) is 0 Å². The number of ether oxygens (including phenoxy) is 1. The van der Waals surface area contributed by atoms with Gasteiger partial charge >= 0.3 is 6.09 Å². The van der Waals surface area contributed by atoms with Crippen LogP contribution in [0.4, 0.5) is 4.79 Å². The molecule has 5 N–H and O–H groups in total. The van der Waals surface area contributed by atoms with Crippen molar-refractivity contribution in [3.63, 3.8) is 0 Å². The maximum Gasteiger partial charge on any atom is 0.407 e. The summed E-state index contributed by atoms with van der Waals surface area (Å²) in [6.07, 6.45) is 4.39. The van der Waals surface area contributed by atoms with Crippen LogP contribution in [0.2, 0.25) is 0 Å². The normalized spacial score (nSPS) is 11.9. The highest BCUT2D eigenvalue weighted by Crippen LogP contribution is 2.19. The van der Waals surface area contributed by atoms with Gasteiger partial charge in [0.25, 0.3) is 0 Å². The maximum absolute atomic E-state index is 12.5. The van der Waals surface area contributed by atoms with E-state index in [0.717, 1.165) is 35.7 Å². The zero-order valence-electron chi connectivity index (χ0n) is 14.5. The molecule has 2 aromatic rings. The number of carbonyl (C=O) groups excluding carboxylic acids is 2. The molecule has 1 aromatic carbocycles. The second-order valence-corrected chi connectivity index (χ2v) is 5.89. The van der Waals surface area contributed by atoms with E-state index in [0.29, 0.717) is 19.5 Å². The fourth-order valence-corrected chi connectivity index (χ4v) is 2.71. The summed E-state index contributed by atoms with van der Waals surface area (Å²) in [5.74, 6) is -0.219. The third-order valence-electron chi connectivity index (χ3n) is 4.07. The molecule has 0 aliphatic rings. The third kappa shape index (κ3) is 5.49. The quantitative estimate of drug-likeness (QED) is 0.518. The van der Waals surface area contributed by atoms with Gasteiger partial charge in [0.1, 0.15) is 6.04 Å². The van der Waals surface area contributed by atoms with Crippen LogP contribution in [-0.4, -0.2) is 43.2 Å². The molecule has 7 nitrogen and oxygen atoms in total. The highest BCUT2D eigenvalue weighted by Gasteiger charge is 2.22. The Morgan fingerprint density at radius 2 is 2.04 bits per heavy atom. The summed E-state index contributed by atoms with van der Waals surface area (Å²) >= 11 is 0. The molecule has 136 valence electrons. The summed E-state index contributed by atoms with van der Waals surface area (Å²) < 4.78 is 4.64. The van der Waals surface area contributed by atoms with Gasteiger partial charge in [-0.3, -0.25) is 4.79 Å². The minimum atomic E-state index is -0.693. The molecule has 2 rings (SSSR count). The summed E-state index contributed by atoms with van der Waals surface area (Å²) in [5, 5.41) is 6.52. The Balaban J connectivity index is 2.02. The molecule has 25 heavy (non-hydrogen) atoms. The number of carbonyl (C=O) groups is 2. The molecule has 1 atom stereocenters. The second kappa shape index (κ2) is 9.68. The zero-order valence-corrected chi connectivity index (χ0v) is 14.5. The van der Waals surface area contributed by atoms with Crippen molar-refractivity contribution < 1.29 is 14.3 Å². The summed E-state index contributed by atoms with van der Waals surface area (Å²) in [6.45, 7) is 1.22. The number of unbranched alkanes of at least 4 members (excludes halogenated alkanes) is 2. The average molecular weight is 346 g/mol. The number of benzene rings is 1. The van der Waals surface area contributed by atoms with Gasteiger partial charge in [0.05, 0.1) is 7.11 Å². The van der Waals surface area contributed by atoms with E-state index in [1.165, 1.54) is 7.11 Å². The molecule has 0 bridgehead atoms. The number of aromatic amines is 1. The van der Waals surface area contributed by atoms with Crippen LogP contribution in [0.1, 0.15) is 24.8 Å². The van der Waals surface area contributed by atoms with E-state index in [2.05, 4.69) is 20.4 Å². The van der Waals surface area contributed by atoms with Crippen LogP contribution < -0.4 is 16.4 Å². The second-order valence-electron chi connectivity index (χ2n) is 5.89. The van der Waals surface area contributed by atoms with Gasteiger partial charge in [0.2, 0.25) is 5.91 Å². The molecule has 0 spiro atoms. The Labute approximate surface area is 147 Å². The largest absolute Gasteiger partial charge is 0.453 e. The Kier molecular flexibility index (Phi) is 7.28. The van der Waals surface area contributed by atoms with Crippen LogP contribution in [0, 0.1) is 0 Å². The summed E-state index contributed by atoms with van der Waals surface area (Å²) in [5.41, 5.74) is 7.42. The number of para-hydroxylation sites is 1. The lowest BCUT2D eigenvalue weighted by molar-refractivity contribution is -0.123. The molecule has 0 aliphatic carbocycles. The van der Waals surface area contributed by atoms with Crippen molar-refractivity contribution >= 4 is 22.9 Å². The van der Waals surface area contributed by atoms with Crippen LogP contribution in [0.25, 0.3) is 10.9 Å². The maximum atomic E-state index is 12.5. The Morgan fingerprint density at radius 3 is 2.80 bits per heavy atom. The van der Waals surface area contributed by atoms with Crippen LogP contribution >= 0.6 is 0 Å². The third-order valence-corrected chi connectivity index (χ3v) is 4.07. The number of aromatic nitrogens is 1. The van der Waals surface area contributed by atoms with E-state index in [4.69, 9.17) is 5.73 Å². The van der Waals surface area contributed by atoms with E-state index in [-0.39, 0.29) is 5.91 Å². The summed E-state index contributed by atoms with van der Waals surface area (Å²) in [4.78, 5) is 27.3. The number of alkyl carbamates (subject to hydrolysis) is 1. The Bertz CT molecular complexity index is 698. The van der Waals surface area contributed by atoms with Crippen LogP contribution in [0.3, 0.4) is 0 Å². The van der Waals surface area contributed by atoms with Crippen molar-refractivity contribution in [3.05, 3.63) is 36.0 Å². The number of nitrogens with two attached hydrogens (primary N) is 1. The number of methoxy groups -OCH3 is 1. The van der Waals surface area contributed by atoms with E-state index in [1.54, 1.807) is 0 Å². The van der Waals surface area contributed by atoms with E-state index >= 15 is 0 Å². The van der Waals surface area contributed by atoms with Crippen molar-refractivity contribution in [3.8, 4) is 0 Å². The van der Waals surface area contributed by atoms with Gasteiger partial charge in [0, 0.05) is 30.1 Å². The van der Waals surface area contributed by atoms with Crippen LogP contribution in [0.15, 0.2) is 30.5 Å². The topological polar surface area (TPSA) is 109 Å². The lowest BCUT2D eigenvalue weighted by Gasteiger charge is -2.17. The molecular weight excluding hydrogens is 320 g/mol. The lowest BCUT2D eigenvalue weighted by atomic mass is 10.0. The number of fused-ring (bicyclic) bond motifs is 1. The minimum absolute atomic E-state index is 0.219. The molecule has 1 heterocycles. The van der Waals surface area contributed by atoms with Gasteiger partial charge in [-0.05, 0) is 31.0 Å². The molecule has 0 unspecified atom stereocenters. The minimum Gasteiger partial charge on any atom is -0.453 e. The molecule has 0 saturated heterocycles. The van der Waals surface area contributed by atoms with E-state index < -0.39 is 12.1 Å². The Hall–Kier alpha value is -2.54. The van der Waals surface area contributed by atoms with Gasteiger partial charge in [-0.2, -0.15) is 0 Å². The molecule has 1 aromatic heterocycles. The first-order valence-electron chi connectivity index (χ1n) is 8.53. The number of nitrogens with one attached hydrogen (secondary N) is 3. The molecular formula is C18H26N4O3. The fraction of sp³-hybridized carbons (Fsp3) is 0.444. The number of hydrogen-bond acceptors (Lipinski definition) is 4. The predicted octanol–water partition coefficient (Wildman–Crippen LogP) is 1.68. The molecule has 7 heteroatoms. The molecule has 0 aliphatic heterocycles. The van der Waals surface area contributed by atoms with Crippen LogP contribution in [-0.2, 0) is 16.0 Å². The highest BCUT2D eigenvalue weighted by atomic mass is 16.5. The number of rotatable bonds is 9. The molecule has 0 radical (unpaired) electrons. The summed E-state index contributed by atoms with van der Waals surface area (Å²) in [7, 11) is 1.28. The van der Waals surface area contributed by atoms with Crippen LogP contribution in [0.5, 0.6) is 0 Å². The average Bonchev–Trinajstić information content (AvgIpc) is 3.03. The van der Waals surface area contributed by atoms with E-state index in [1.807, 2.05) is 30.5 Å². The first-order valence-corrected chi connectivity index (χ1v) is 8.53. The standard InChI is InChI=1S/C18H26N4O3/c1-25-18(24)22-16(17(23)20-10-6-2-5-9-19)11-13-12-21-15-8-4-3-7-14(13)15/h3-4,7-8,12,16,21H,2,5-6,9-11,19H2,1H3,(H,20,23)(H,22,24)/t16-/m0/s1. The molecule has 0 saturated carbocycles. The van der Waals surface area contributed by atoms with Gasteiger partial charge in [-0.15, -0.1) is 0 Å². The monoisotopic (exact) mass is 346 g/mol. The number of H-pyrrole nitrogens is 1. The molecule has 0 fully saturated rings. The fourth-order valence-electron chi connectivity index (χ4n) is 2.71. The van der Waals surface area contributed by atoms with E-state index in [9.17, 15) is 9.59 Å². The Morgan fingerprint density at radius 1 is 1.24 bits per heavy atom. The predicted molar refractivity (Wildman–Crippen MR) is 97.2 cm³/mol. The number of amides is 2. The number of hydrogen-bond donors (Lipinski definition) is 4. The van der Waals surface area contributed by atoms with Crippen molar-refractivity contribution in [1.29, 1.82) is 0 Å². The SMILES string of the molecule is COC(=O)N[C@@H](Cc1c[nH]c2ccccc12)C(=O)NCCCCCN. The van der Waals surface area contributed by atoms with Gasteiger partial charge < -0.3 is 26.1 Å². The lowest BCUT2D eigenvalue weighted by Crippen LogP contribution is -2.48. The van der Waals surface area contributed by atoms with Crippen molar-refractivity contribution in [2.75, 3.05) is 20.2 Å². The highest BCUT2D eigenvalue weighted by molar-refractivity contribution is 5.88. The summed E-state index contributed by atoms with van der Waals surface area (Å²) in [6, 6.07) is 7.15. The molecule has 2 amide bonds. The first kappa shape index (κ1) is 18.8. The van der Waals surface area contributed by atoms with Gasteiger partial charge in [-0.1, -0.05) is 24.6 Å². The van der Waals surface area contributed by atoms with Crippen molar-refractivity contribution in [2.45, 2.75) is 31.7 Å². The van der Waals surface area contributed by atoms with Crippen molar-refractivity contribution in [2.24, 2.45) is 5.73 Å². The van der Waals surface area contributed by atoms with Crippen molar-refractivity contribution in [1.82, 2.24) is 15.6 Å².